The summed E-state index contributed by atoms with van der Waals surface area (Å²) in [5.41, 5.74) is 0. The molecule has 1 aliphatic carbocycles. The van der Waals surface area contributed by atoms with Gasteiger partial charge in [-0.15, -0.1) is 0 Å². The average Bonchev–Trinajstić information content (AvgIpc) is 1.90. The molecule has 1 N–H and O–H groups in total. The van der Waals surface area contributed by atoms with Crippen molar-refractivity contribution in [3.8, 4) is 0 Å². The highest BCUT2D eigenvalue weighted by molar-refractivity contribution is 7.81. The van der Waals surface area contributed by atoms with Gasteiger partial charge in [-0.1, -0.05) is 19.3 Å². The standard InChI is InChI=1S/C7H15NS/c1-8-7(9)5-3-2-4-6-7/h8-9H,2-6H2,1H3. The first kappa shape index (κ1) is 7.42. The first-order valence-corrected chi connectivity index (χ1v) is 4.13. The van der Waals surface area contributed by atoms with E-state index in [0.29, 0.717) is 0 Å². The third-order valence-electron chi connectivity index (χ3n) is 2.15. The predicted octanol–water partition coefficient (Wildman–Crippen LogP) is 1.80. The first-order chi connectivity index (χ1) is 4.27. The van der Waals surface area contributed by atoms with Crippen LogP contribution in [-0.4, -0.2) is 11.9 Å². The van der Waals surface area contributed by atoms with E-state index in [9.17, 15) is 0 Å². The molecule has 0 bridgehead atoms. The zero-order chi connectivity index (χ0) is 6.74. The summed E-state index contributed by atoms with van der Waals surface area (Å²) in [5, 5.41) is 3.24. The molecule has 0 atom stereocenters. The molecule has 0 amide bonds. The molecule has 1 saturated carbocycles. The fourth-order valence-corrected chi connectivity index (χ4v) is 1.70. The van der Waals surface area contributed by atoms with Crippen LogP contribution >= 0.6 is 12.6 Å². The number of nitrogens with one attached hydrogen (secondary N) is 1. The fourth-order valence-electron chi connectivity index (χ4n) is 1.39. The second-order valence-corrected chi connectivity index (χ2v) is 3.70. The Balaban J connectivity index is 2.37. The molecule has 0 aromatic rings. The van der Waals surface area contributed by atoms with E-state index < -0.39 is 0 Å². The van der Waals surface area contributed by atoms with Gasteiger partial charge in [0, 0.05) is 0 Å². The van der Waals surface area contributed by atoms with Crippen LogP contribution in [0.3, 0.4) is 0 Å². The first-order valence-electron chi connectivity index (χ1n) is 3.68. The van der Waals surface area contributed by atoms with Crippen molar-refractivity contribution >= 4 is 12.6 Å². The third-order valence-corrected chi connectivity index (χ3v) is 2.82. The molecule has 0 saturated heterocycles. The quantitative estimate of drug-likeness (QED) is 0.423. The fraction of sp³-hybridized carbons (Fsp3) is 1.00. The summed E-state index contributed by atoms with van der Waals surface area (Å²) in [6.45, 7) is 0. The Kier molecular flexibility index (Phi) is 2.42. The van der Waals surface area contributed by atoms with Gasteiger partial charge in [0.15, 0.2) is 0 Å². The van der Waals surface area contributed by atoms with Gasteiger partial charge in [0.1, 0.15) is 0 Å². The van der Waals surface area contributed by atoms with Gasteiger partial charge < -0.3 is 5.32 Å². The molecule has 54 valence electrons. The molecule has 0 spiro atoms. The Labute approximate surface area is 62.6 Å². The monoisotopic (exact) mass is 145 g/mol. The summed E-state index contributed by atoms with van der Waals surface area (Å²) in [7, 11) is 2.00. The van der Waals surface area contributed by atoms with Gasteiger partial charge in [-0.25, -0.2) is 0 Å². The minimum atomic E-state index is 0.165. The lowest BCUT2D eigenvalue weighted by Gasteiger charge is -2.31. The lowest BCUT2D eigenvalue weighted by molar-refractivity contribution is 0.360. The van der Waals surface area contributed by atoms with Crippen LogP contribution < -0.4 is 5.32 Å². The summed E-state index contributed by atoms with van der Waals surface area (Å²) >= 11 is 4.54. The van der Waals surface area contributed by atoms with E-state index in [0.717, 1.165) is 0 Å². The largest absolute Gasteiger partial charge is 0.306 e. The average molecular weight is 145 g/mol. The Morgan fingerprint density at radius 2 is 1.78 bits per heavy atom. The predicted molar refractivity (Wildman–Crippen MR) is 43.9 cm³/mol. The van der Waals surface area contributed by atoms with Crippen molar-refractivity contribution in [2.45, 2.75) is 37.0 Å². The maximum atomic E-state index is 4.54. The van der Waals surface area contributed by atoms with E-state index in [2.05, 4.69) is 17.9 Å². The van der Waals surface area contributed by atoms with Crippen LogP contribution in [0.5, 0.6) is 0 Å². The van der Waals surface area contributed by atoms with Crippen LogP contribution in [-0.2, 0) is 0 Å². The van der Waals surface area contributed by atoms with Crippen molar-refractivity contribution in [3.05, 3.63) is 0 Å². The van der Waals surface area contributed by atoms with Gasteiger partial charge in [0.25, 0.3) is 0 Å². The molecule has 1 aliphatic rings. The van der Waals surface area contributed by atoms with Gasteiger partial charge in [-0.3, -0.25) is 0 Å². The van der Waals surface area contributed by atoms with Gasteiger partial charge in [-0.05, 0) is 19.9 Å². The minimum absolute atomic E-state index is 0.165. The van der Waals surface area contributed by atoms with Crippen LogP contribution in [0, 0.1) is 0 Å². The number of rotatable bonds is 1. The zero-order valence-corrected chi connectivity index (χ0v) is 6.88. The van der Waals surface area contributed by atoms with E-state index in [-0.39, 0.29) is 4.87 Å². The molecule has 0 unspecified atom stereocenters. The molecule has 0 aromatic carbocycles. The Hall–Kier alpha value is 0.310. The number of hydrogen-bond acceptors (Lipinski definition) is 2. The maximum Gasteiger partial charge on any atom is 0.0613 e. The van der Waals surface area contributed by atoms with Gasteiger partial charge in [0.05, 0.1) is 4.87 Å². The van der Waals surface area contributed by atoms with Crippen LogP contribution in [0.15, 0.2) is 0 Å². The SMILES string of the molecule is CNC1(S)CCCCC1. The highest BCUT2D eigenvalue weighted by Crippen LogP contribution is 2.30. The lowest BCUT2D eigenvalue weighted by Crippen LogP contribution is -2.38. The molecule has 0 aromatic heterocycles. The van der Waals surface area contributed by atoms with Crippen LogP contribution in [0.1, 0.15) is 32.1 Å². The molecule has 1 fully saturated rings. The smallest absolute Gasteiger partial charge is 0.0613 e. The van der Waals surface area contributed by atoms with E-state index >= 15 is 0 Å². The van der Waals surface area contributed by atoms with Crippen LogP contribution in [0.2, 0.25) is 0 Å². The highest BCUT2D eigenvalue weighted by atomic mass is 32.1. The molecule has 0 radical (unpaired) electrons. The lowest BCUT2D eigenvalue weighted by atomic mass is 9.95. The van der Waals surface area contributed by atoms with Gasteiger partial charge in [0.2, 0.25) is 0 Å². The van der Waals surface area contributed by atoms with Crippen molar-refractivity contribution in [2.24, 2.45) is 0 Å². The van der Waals surface area contributed by atoms with Crippen LogP contribution in [0.25, 0.3) is 0 Å². The molecule has 0 heterocycles. The summed E-state index contributed by atoms with van der Waals surface area (Å²) in [5.74, 6) is 0. The molecular formula is C7H15NS. The topological polar surface area (TPSA) is 12.0 Å². The zero-order valence-electron chi connectivity index (χ0n) is 5.98. The Morgan fingerprint density at radius 3 is 2.11 bits per heavy atom. The van der Waals surface area contributed by atoms with Crippen LogP contribution in [0.4, 0.5) is 0 Å². The molecule has 1 rings (SSSR count). The maximum absolute atomic E-state index is 4.54. The Bertz CT molecular complexity index is 86.9. The van der Waals surface area contributed by atoms with Crippen molar-refractivity contribution in [2.75, 3.05) is 7.05 Å². The van der Waals surface area contributed by atoms with Gasteiger partial charge in [-0.2, -0.15) is 12.6 Å². The van der Waals surface area contributed by atoms with E-state index in [1.54, 1.807) is 0 Å². The number of hydrogen-bond donors (Lipinski definition) is 2. The Morgan fingerprint density at radius 1 is 1.22 bits per heavy atom. The third kappa shape index (κ3) is 1.87. The van der Waals surface area contributed by atoms with Crippen molar-refractivity contribution < 1.29 is 0 Å². The van der Waals surface area contributed by atoms with Gasteiger partial charge >= 0.3 is 0 Å². The second-order valence-electron chi connectivity index (χ2n) is 2.84. The highest BCUT2D eigenvalue weighted by Gasteiger charge is 2.24. The summed E-state index contributed by atoms with van der Waals surface area (Å²) in [6, 6.07) is 0. The summed E-state index contributed by atoms with van der Waals surface area (Å²) in [6.07, 6.45) is 6.53. The van der Waals surface area contributed by atoms with E-state index in [1.807, 2.05) is 7.05 Å². The molecular weight excluding hydrogens is 130 g/mol. The normalized spacial score (nSPS) is 26.0. The van der Waals surface area contributed by atoms with E-state index in [1.165, 1.54) is 32.1 Å². The van der Waals surface area contributed by atoms with Crippen molar-refractivity contribution in [3.63, 3.8) is 0 Å². The van der Waals surface area contributed by atoms with Crippen molar-refractivity contribution in [1.29, 1.82) is 0 Å². The summed E-state index contributed by atoms with van der Waals surface area (Å²) in [4.78, 5) is 0.165. The molecule has 9 heavy (non-hydrogen) atoms. The molecule has 1 nitrogen and oxygen atoms in total. The molecule has 0 aliphatic heterocycles. The second kappa shape index (κ2) is 2.93. The molecule has 2 heteroatoms. The van der Waals surface area contributed by atoms with Crippen molar-refractivity contribution in [1.82, 2.24) is 5.32 Å². The van der Waals surface area contributed by atoms with E-state index in [4.69, 9.17) is 0 Å². The number of thiol groups is 1. The summed E-state index contributed by atoms with van der Waals surface area (Å²) < 4.78 is 0. The minimum Gasteiger partial charge on any atom is -0.306 e.